The molecule has 5 heteroatoms. The third kappa shape index (κ3) is 2.12. The summed E-state index contributed by atoms with van der Waals surface area (Å²) in [7, 11) is 1.55. The van der Waals surface area contributed by atoms with Gasteiger partial charge in [-0.3, -0.25) is 4.79 Å². The molecule has 19 heavy (non-hydrogen) atoms. The molecule has 0 spiro atoms. The van der Waals surface area contributed by atoms with E-state index in [2.05, 4.69) is 0 Å². The molecule has 0 radical (unpaired) electrons. The van der Waals surface area contributed by atoms with E-state index >= 15 is 0 Å². The molecule has 1 aromatic carbocycles. The Labute approximate surface area is 109 Å². The smallest absolute Gasteiger partial charge is 0.301 e. The zero-order chi connectivity index (χ0) is 14.3. The first-order chi connectivity index (χ1) is 8.82. The van der Waals surface area contributed by atoms with Crippen molar-refractivity contribution < 1.29 is 4.39 Å². The predicted molar refractivity (Wildman–Crippen MR) is 71.4 cm³/mol. The second-order valence-electron chi connectivity index (χ2n) is 4.69. The lowest BCUT2D eigenvalue weighted by Crippen LogP contribution is -2.38. The van der Waals surface area contributed by atoms with E-state index in [9.17, 15) is 14.0 Å². The Morgan fingerprint density at radius 3 is 2.21 bits per heavy atom. The van der Waals surface area contributed by atoms with E-state index in [1.54, 1.807) is 20.9 Å². The van der Waals surface area contributed by atoms with E-state index < -0.39 is 17.1 Å². The molecule has 1 aromatic heterocycles. The number of aryl methyl sites for hydroxylation is 3. The second kappa shape index (κ2) is 4.50. The number of aromatic nitrogens is 2. The van der Waals surface area contributed by atoms with Gasteiger partial charge in [0.15, 0.2) is 0 Å². The van der Waals surface area contributed by atoms with Crippen LogP contribution in [0, 0.1) is 26.6 Å². The van der Waals surface area contributed by atoms with Crippen LogP contribution in [0.3, 0.4) is 0 Å². The van der Waals surface area contributed by atoms with Crippen LogP contribution in [-0.4, -0.2) is 9.13 Å². The molecule has 0 bridgehead atoms. The molecule has 1 heterocycles. The van der Waals surface area contributed by atoms with Crippen LogP contribution in [0.2, 0.25) is 0 Å². The van der Waals surface area contributed by atoms with Gasteiger partial charge < -0.3 is 4.57 Å². The van der Waals surface area contributed by atoms with Crippen LogP contribution in [0.25, 0.3) is 5.69 Å². The van der Waals surface area contributed by atoms with Gasteiger partial charge in [0.05, 0.1) is 5.69 Å². The molecule has 0 aliphatic heterocycles. The summed E-state index contributed by atoms with van der Waals surface area (Å²) in [5, 5.41) is 0. The van der Waals surface area contributed by atoms with Crippen molar-refractivity contribution >= 4 is 0 Å². The van der Waals surface area contributed by atoms with Crippen LogP contribution in [-0.2, 0) is 7.05 Å². The van der Waals surface area contributed by atoms with Crippen LogP contribution in [0.4, 0.5) is 4.39 Å². The Balaban J connectivity index is 2.88. The third-order valence-electron chi connectivity index (χ3n) is 3.36. The second-order valence-corrected chi connectivity index (χ2v) is 4.69. The fraction of sp³-hybridized carbons (Fsp3) is 0.286. The summed E-state index contributed by atoms with van der Waals surface area (Å²) in [6.07, 6.45) is 0. The molecule has 100 valence electrons. The van der Waals surface area contributed by atoms with Crippen molar-refractivity contribution in [2.75, 3.05) is 0 Å². The largest absolute Gasteiger partial charge is 0.335 e. The van der Waals surface area contributed by atoms with E-state index in [1.165, 1.54) is 22.8 Å². The van der Waals surface area contributed by atoms with Crippen molar-refractivity contribution in [2.45, 2.75) is 20.8 Å². The molecule has 0 atom stereocenters. The zero-order valence-corrected chi connectivity index (χ0v) is 11.3. The summed E-state index contributed by atoms with van der Waals surface area (Å²) >= 11 is 0. The Kier molecular flexibility index (Phi) is 3.14. The Morgan fingerprint density at radius 1 is 1.00 bits per heavy atom. The van der Waals surface area contributed by atoms with Gasteiger partial charge in [0, 0.05) is 18.8 Å². The molecule has 0 unspecified atom stereocenters. The summed E-state index contributed by atoms with van der Waals surface area (Å²) in [6.45, 7) is 5.24. The van der Waals surface area contributed by atoms with E-state index in [-0.39, 0.29) is 5.69 Å². The lowest BCUT2D eigenvalue weighted by molar-refractivity contribution is 0.603. The number of hydrogen-bond acceptors (Lipinski definition) is 2. The molecule has 0 N–H and O–H groups in total. The molecular formula is C14H15FN2O2. The maximum absolute atomic E-state index is 14.0. The first-order valence-corrected chi connectivity index (χ1v) is 5.89. The normalized spacial score (nSPS) is 10.8. The summed E-state index contributed by atoms with van der Waals surface area (Å²) in [5.41, 5.74) is 1.06. The van der Waals surface area contributed by atoms with Gasteiger partial charge in [-0.25, -0.2) is 13.8 Å². The monoisotopic (exact) mass is 262 g/mol. The molecule has 2 aromatic rings. The van der Waals surface area contributed by atoms with Crippen LogP contribution in [0.15, 0.2) is 27.8 Å². The SMILES string of the molecule is Cc1cc(F)c(-n2c(=O)cc(C)n(C)c2=O)cc1C. The molecule has 0 fully saturated rings. The minimum absolute atomic E-state index is 0.00583. The minimum atomic E-state index is -0.578. The van der Waals surface area contributed by atoms with Crippen molar-refractivity contribution in [3.63, 3.8) is 0 Å². The number of hydrogen-bond donors (Lipinski definition) is 0. The molecule has 4 nitrogen and oxygen atoms in total. The van der Waals surface area contributed by atoms with Crippen molar-refractivity contribution in [3.8, 4) is 5.69 Å². The Hall–Kier alpha value is -2.17. The van der Waals surface area contributed by atoms with Crippen molar-refractivity contribution in [1.82, 2.24) is 9.13 Å². The quantitative estimate of drug-likeness (QED) is 0.783. The van der Waals surface area contributed by atoms with Gasteiger partial charge in [-0.15, -0.1) is 0 Å². The van der Waals surface area contributed by atoms with Gasteiger partial charge in [-0.05, 0) is 44.0 Å². The summed E-state index contributed by atoms with van der Waals surface area (Å²) in [5.74, 6) is -0.578. The minimum Gasteiger partial charge on any atom is -0.301 e. The van der Waals surface area contributed by atoms with Crippen molar-refractivity contribution in [1.29, 1.82) is 0 Å². The Bertz CT molecular complexity index is 772. The molecule has 0 saturated heterocycles. The summed E-state index contributed by atoms with van der Waals surface area (Å²) < 4.78 is 16.2. The molecular weight excluding hydrogens is 247 g/mol. The summed E-state index contributed by atoms with van der Waals surface area (Å²) in [6, 6.07) is 4.16. The van der Waals surface area contributed by atoms with Crippen LogP contribution in [0.5, 0.6) is 0 Å². The standard InChI is InChI=1S/C14H15FN2O2/c1-8-5-11(15)12(6-9(8)2)17-13(18)7-10(3)16(4)14(17)19/h5-7H,1-4H3. The molecule has 2 rings (SSSR count). The highest BCUT2D eigenvalue weighted by Gasteiger charge is 2.13. The highest BCUT2D eigenvalue weighted by molar-refractivity contribution is 5.41. The first kappa shape index (κ1) is 13.3. The fourth-order valence-electron chi connectivity index (χ4n) is 1.89. The Morgan fingerprint density at radius 2 is 1.58 bits per heavy atom. The molecule has 0 aliphatic rings. The maximum Gasteiger partial charge on any atom is 0.335 e. The number of rotatable bonds is 1. The number of halogens is 1. The van der Waals surface area contributed by atoms with Crippen LogP contribution < -0.4 is 11.2 Å². The topological polar surface area (TPSA) is 44.0 Å². The molecule has 0 amide bonds. The van der Waals surface area contributed by atoms with Crippen molar-refractivity contribution in [3.05, 3.63) is 61.7 Å². The lowest BCUT2D eigenvalue weighted by Gasteiger charge is -2.11. The highest BCUT2D eigenvalue weighted by atomic mass is 19.1. The van der Waals surface area contributed by atoms with Gasteiger partial charge in [0.25, 0.3) is 5.56 Å². The average molecular weight is 262 g/mol. The summed E-state index contributed by atoms with van der Waals surface area (Å²) in [4.78, 5) is 24.1. The molecule has 0 aliphatic carbocycles. The highest BCUT2D eigenvalue weighted by Crippen LogP contribution is 2.16. The van der Waals surface area contributed by atoms with E-state index in [0.29, 0.717) is 5.69 Å². The van der Waals surface area contributed by atoms with Gasteiger partial charge in [0.1, 0.15) is 5.82 Å². The predicted octanol–water partition coefficient (Wildman–Crippen LogP) is 1.60. The zero-order valence-electron chi connectivity index (χ0n) is 11.3. The number of benzene rings is 1. The average Bonchev–Trinajstić information content (AvgIpc) is 2.33. The van der Waals surface area contributed by atoms with E-state index in [0.717, 1.165) is 15.7 Å². The van der Waals surface area contributed by atoms with Crippen LogP contribution in [0.1, 0.15) is 16.8 Å². The van der Waals surface area contributed by atoms with E-state index in [4.69, 9.17) is 0 Å². The van der Waals surface area contributed by atoms with Gasteiger partial charge in [0.2, 0.25) is 0 Å². The third-order valence-corrected chi connectivity index (χ3v) is 3.36. The van der Waals surface area contributed by atoms with Crippen molar-refractivity contribution in [2.24, 2.45) is 7.05 Å². The van der Waals surface area contributed by atoms with Gasteiger partial charge in [-0.2, -0.15) is 0 Å². The maximum atomic E-state index is 14.0. The van der Waals surface area contributed by atoms with E-state index in [1.807, 2.05) is 6.92 Å². The van der Waals surface area contributed by atoms with Crippen LogP contribution >= 0.6 is 0 Å². The fourth-order valence-corrected chi connectivity index (χ4v) is 1.89. The molecule has 0 saturated carbocycles. The van der Waals surface area contributed by atoms with Gasteiger partial charge in [-0.1, -0.05) is 0 Å². The van der Waals surface area contributed by atoms with Gasteiger partial charge >= 0.3 is 5.69 Å². The number of nitrogens with zero attached hydrogens (tertiary/aromatic N) is 2. The lowest BCUT2D eigenvalue weighted by atomic mass is 10.1. The first-order valence-electron chi connectivity index (χ1n) is 5.89.